The van der Waals surface area contributed by atoms with Gasteiger partial charge in [-0.3, -0.25) is 4.79 Å². The van der Waals surface area contributed by atoms with E-state index in [0.717, 1.165) is 38.2 Å². The largest absolute Gasteiger partial charge is 0.481 e. The van der Waals surface area contributed by atoms with Crippen molar-refractivity contribution in [3.63, 3.8) is 0 Å². The highest BCUT2D eigenvalue weighted by atomic mass is 16.4. The molecule has 1 fully saturated rings. The molecule has 116 valence electrons. The van der Waals surface area contributed by atoms with Crippen molar-refractivity contribution in [1.29, 1.82) is 0 Å². The Balaban J connectivity index is 2.06. The maximum absolute atomic E-state index is 11.6. The van der Waals surface area contributed by atoms with Crippen molar-refractivity contribution in [3.8, 4) is 0 Å². The molecule has 1 heterocycles. The molecule has 0 aromatic heterocycles. The summed E-state index contributed by atoms with van der Waals surface area (Å²) in [6.07, 6.45) is 1.60. The SMILES string of the molecule is CCN(C)Cc1cccc(CC(C(=O)O)C2CCNC2)c1. The fourth-order valence-corrected chi connectivity index (χ4v) is 3.01. The summed E-state index contributed by atoms with van der Waals surface area (Å²) in [5.41, 5.74) is 2.39. The second-order valence-electron chi connectivity index (χ2n) is 6.05. The average Bonchev–Trinajstić information content (AvgIpc) is 2.98. The van der Waals surface area contributed by atoms with Gasteiger partial charge in [-0.2, -0.15) is 0 Å². The second-order valence-corrected chi connectivity index (χ2v) is 6.05. The summed E-state index contributed by atoms with van der Waals surface area (Å²) in [7, 11) is 2.09. The lowest BCUT2D eigenvalue weighted by atomic mass is 9.86. The minimum Gasteiger partial charge on any atom is -0.481 e. The van der Waals surface area contributed by atoms with Gasteiger partial charge in [0.15, 0.2) is 0 Å². The van der Waals surface area contributed by atoms with E-state index >= 15 is 0 Å². The Kier molecular flexibility index (Phi) is 5.76. The normalized spacial score (nSPS) is 19.9. The topological polar surface area (TPSA) is 52.6 Å². The van der Waals surface area contributed by atoms with E-state index < -0.39 is 5.97 Å². The highest BCUT2D eigenvalue weighted by Crippen LogP contribution is 2.24. The third kappa shape index (κ3) is 4.55. The number of carboxylic acid groups (broad SMARTS) is 1. The van der Waals surface area contributed by atoms with Crippen LogP contribution in [0, 0.1) is 11.8 Å². The van der Waals surface area contributed by atoms with Gasteiger partial charge in [0.1, 0.15) is 0 Å². The van der Waals surface area contributed by atoms with Crippen molar-refractivity contribution in [1.82, 2.24) is 10.2 Å². The molecule has 1 aliphatic heterocycles. The molecule has 2 rings (SSSR count). The van der Waals surface area contributed by atoms with Crippen molar-refractivity contribution in [2.75, 3.05) is 26.7 Å². The number of aliphatic carboxylic acids is 1. The molecule has 2 N–H and O–H groups in total. The van der Waals surface area contributed by atoms with Crippen LogP contribution >= 0.6 is 0 Å². The van der Waals surface area contributed by atoms with Crippen LogP contribution in [0.15, 0.2) is 24.3 Å². The van der Waals surface area contributed by atoms with Crippen LogP contribution in [0.25, 0.3) is 0 Å². The van der Waals surface area contributed by atoms with Crippen LogP contribution in [0.3, 0.4) is 0 Å². The summed E-state index contributed by atoms with van der Waals surface area (Å²) >= 11 is 0. The Hall–Kier alpha value is -1.39. The van der Waals surface area contributed by atoms with Gasteiger partial charge >= 0.3 is 5.97 Å². The van der Waals surface area contributed by atoms with Crippen molar-refractivity contribution in [2.24, 2.45) is 11.8 Å². The van der Waals surface area contributed by atoms with Crippen molar-refractivity contribution in [2.45, 2.75) is 26.3 Å². The van der Waals surface area contributed by atoms with Crippen LogP contribution in [-0.4, -0.2) is 42.7 Å². The third-order valence-corrected chi connectivity index (χ3v) is 4.42. The number of carboxylic acids is 1. The van der Waals surface area contributed by atoms with E-state index in [4.69, 9.17) is 0 Å². The van der Waals surface area contributed by atoms with E-state index in [-0.39, 0.29) is 11.8 Å². The van der Waals surface area contributed by atoms with Gasteiger partial charge in [0.2, 0.25) is 0 Å². The first kappa shape index (κ1) is 16.0. The van der Waals surface area contributed by atoms with Gasteiger partial charge < -0.3 is 15.3 Å². The number of hydrogen-bond donors (Lipinski definition) is 2. The Bertz CT molecular complexity index is 470. The Morgan fingerprint density at radius 2 is 2.24 bits per heavy atom. The molecule has 21 heavy (non-hydrogen) atoms. The summed E-state index contributed by atoms with van der Waals surface area (Å²) in [6.45, 7) is 5.82. The van der Waals surface area contributed by atoms with Crippen molar-refractivity contribution >= 4 is 5.97 Å². The molecule has 1 aliphatic rings. The monoisotopic (exact) mass is 290 g/mol. The van der Waals surface area contributed by atoms with E-state index in [1.54, 1.807) is 0 Å². The number of hydrogen-bond acceptors (Lipinski definition) is 3. The zero-order chi connectivity index (χ0) is 15.2. The van der Waals surface area contributed by atoms with Gasteiger partial charge in [-0.15, -0.1) is 0 Å². The van der Waals surface area contributed by atoms with Gasteiger partial charge in [-0.1, -0.05) is 31.2 Å². The molecule has 1 aromatic carbocycles. The summed E-state index contributed by atoms with van der Waals surface area (Å²) < 4.78 is 0. The standard InChI is InChI=1S/C17H26N2O2/c1-3-19(2)12-14-6-4-5-13(9-14)10-16(17(20)21)15-7-8-18-11-15/h4-6,9,15-16,18H,3,7-8,10-12H2,1-2H3,(H,20,21). The quantitative estimate of drug-likeness (QED) is 0.806. The third-order valence-electron chi connectivity index (χ3n) is 4.42. The van der Waals surface area contributed by atoms with Gasteiger partial charge in [0.25, 0.3) is 0 Å². The highest BCUT2D eigenvalue weighted by molar-refractivity contribution is 5.71. The molecule has 0 amide bonds. The molecule has 2 atom stereocenters. The molecule has 4 heteroatoms. The summed E-state index contributed by atoms with van der Waals surface area (Å²) in [4.78, 5) is 13.8. The molecule has 1 saturated heterocycles. The summed E-state index contributed by atoms with van der Waals surface area (Å²) in [6, 6.07) is 8.36. The van der Waals surface area contributed by atoms with Crippen molar-refractivity contribution < 1.29 is 9.90 Å². The zero-order valence-electron chi connectivity index (χ0n) is 13.0. The predicted octanol–water partition coefficient (Wildman–Crippen LogP) is 1.99. The minimum atomic E-state index is -0.667. The van der Waals surface area contributed by atoms with E-state index in [1.165, 1.54) is 5.56 Å². The zero-order valence-corrected chi connectivity index (χ0v) is 13.0. The van der Waals surface area contributed by atoms with Crippen LogP contribution in [0.2, 0.25) is 0 Å². The van der Waals surface area contributed by atoms with Gasteiger partial charge in [0, 0.05) is 6.54 Å². The lowest BCUT2D eigenvalue weighted by molar-refractivity contribution is -0.143. The van der Waals surface area contributed by atoms with Crippen molar-refractivity contribution in [3.05, 3.63) is 35.4 Å². The Morgan fingerprint density at radius 1 is 1.48 bits per heavy atom. The minimum absolute atomic E-state index is 0.254. The number of nitrogens with one attached hydrogen (secondary N) is 1. The van der Waals surface area contributed by atoms with Crippen LogP contribution in [0.4, 0.5) is 0 Å². The smallest absolute Gasteiger partial charge is 0.307 e. The van der Waals surface area contributed by atoms with Gasteiger partial charge in [0.05, 0.1) is 5.92 Å². The Labute approximate surface area is 127 Å². The van der Waals surface area contributed by atoms with Gasteiger partial charge in [-0.05, 0) is 56.6 Å². The molecule has 0 saturated carbocycles. The van der Waals surface area contributed by atoms with E-state index in [9.17, 15) is 9.90 Å². The molecule has 4 nitrogen and oxygen atoms in total. The number of nitrogens with zero attached hydrogens (tertiary/aromatic N) is 1. The average molecular weight is 290 g/mol. The Morgan fingerprint density at radius 3 is 2.86 bits per heavy atom. The number of carbonyl (C=O) groups is 1. The molecule has 0 spiro atoms. The fourth-order valence-electron chi connectivity index (χ4n) is 3.01. The van der Waals surface area contributed by atoms with Crippen LogP contribution < -0.4 is 5.32 Å². The fraction of sp³-hybridized carbons (Fsp3) is 0.588. The first-order valence-electron chi connectivity index (χ1n) is 7.80. The molecule has 2 unspecified atom stereocenters. The van der Waals surface area contributed by atoms with Gasteiger partial charge in [-0.25, -0.2) is 0 Å². The first-order valence-corrected chi connectivity index (χ1v) is 7.80. The van der Waals surface area contributed by atoms with Crippen LogP contribution in [0.1, 0.15) is 24.5 Å². The van der Waals surface area contributed by atoms with E-state index in [2.05, 4.69) is 36.3 Å². The maximum atomic E-state index is 11.6. The molecule has 0 aliphatic carbocycles. The second kappa shape index (κ2) is 7.57. The lowest BCUT2D eigenvalue weighted by Crippen LogP contribution is -2.27. The van der Waals surface area contributed by atoms with Crippen LogP contribution in [-0.2, 0) is 17.8 Å². The molecular formula is C17H26N2O2. The highest BCUT2D eigenvalue weighted by Gasteiger charge is 2.30. The number of benzene rings is 1. The molecular weight excluding hydrogens is 264 g/mol. The first-order chi connectivity index (χ1) is 10.1. The van der Waals surface area contributed by atoms with Crippen LogP contribution in [0.5, 0.6) is 0 Å². The predicted molar refractivity (Wildman–Crippen MR) is 84.3 cm³/mol. The molecule has 0 bridgehead atoms. The lowest BCUT2D eigenvalue weighted by Gasteiger charge is -2.19. The maximum Gasteiger partial charge on any atom is 0.307 e. The van der Waals surface area contributed by atoms with E-state index in [0.29, 0.717) is 6.42 Å². The number of rotatable bonds is 7. The molecule has 1 aromatic rings. The summed E-state index contributed by atoms with van der Waals surface area (Å²) in [5.74, 6) is -0.691. The van der Waals surface area contributed by atoms with E-state index in [1.807, 2.05) is 12.1 Å². The molecule has 0 radical (unpaired) electrons. The summed E-state index contributed by atoms with van der Waals surface area (Å²) in [5, 5.41) is 12.8.